The molecule has 0 aliphatic carbocycles. The highest BCUT2D eigenvalue weighted by Crippen LogP contribution is 2.20. The summed E-state index contributed by atoms with van der Waals surface area (Å²) in [5, 5.41) is 2.66. The van der Waals surface area contributed by atoms with Crippen LogP contribution in [0.1, 0.15) is 6.92 Å². The third-order valence-corrected chi connectivity index (χ3v) is 7.51. The third kappa shape index (κ3) is 6.30. The Morgan fingerprint density at radius 1 is 1.25 bits per heavy atom. The van der Waals surface area contributed by atoms with Gasteiger partial charge in [0, 0.05) is 49.7 Å². The molecule has 0 saturated carbocycles. The molecule has 1 heterocycles. The number of thioether (sulfide) groups is 1. The zero-order valence-electron chi connectivity index (χ0n) is 12.0. The maximum Gasteiger partial charge on any atom is 0.166 e. The molecule has 0 radical (unpaired) electrons. The molecule has 0 aromatic rings. The number of rotatable bonds is 8. The summed E-state index contributed by atoms with van der Waals surface area (Å²) in [6.07, 6.45) is 1.21. The standard InChI is InChI=1S/C11H24N2O4S3/c1-3-20(16,17)11-10-18-8-7-13(11)6-4-12-5-9-19(2,14)15/h11-12H,3-10H2,1-2H3. The van der Waals surface area contributed by atoms with Gasteiger partial charge in [-0.1, -0.05) is 6.92 Å². The maximum absolute atomic E-state index is 12.0. The molecule has 1 saturated heterocycles. The fraction of sp³-hybridized carbons (Fsp3) is 1.00. The molecule has 1 fully saturated rings. The van der Waals surface area contributed by atoms with E-state index in [1.165, 1.54) is 6.26 Å². The van der Waals surface area contributed by atoms with Crippen molar-refractivity contribution in [1.82, 2.24) is 10.2 Å². The molecule has 120 valence electrons. The molecule has 1 N–H and O–H groups in total. The zero-order chi connectivity index (χ0) is 15.2. The van der Waals surface area contributed by atoms with Gasteiger partial charge in [0.15, 0.2) is 9.84 Å². The second-order valence-corrected chi connectivity index (χ2v) is 10.8. The molecule has 0 amide bonds. The largest absolute Gasteiger partial charge is 0.314 e. The molecular weight excluding hydrogens is 320 g/mol. The summed E-state index contributed by atoms with van der Waals surface area (Å²) in [6.45, 7) is 4.09. The van der Waals surface area contributed by atoms with Crippen LogP contribution >= 0.6 is 11.8 Å². The molecule has 6 nitrogen and oxygen atoms in total. The maximum atomic E-state index is 12.0. The van der Waals surface area contributed by atoms with E-state index in [4.69, 9.17) is 0 Å². The van der Waals surface area contributed by atoms with Crippen molar-refractivity contribution in [2.75, 3.05) is 55.4 Å². The summed E-state index contributed by atoms with van der Waals surface area (Å²) < 4.78 is 46.0. The molecule has 20 heavy (non-hydrogen) atoms. The van der Waals surface area contributed by atoms with Crippen LogP contribution in [0.15, 0.2) is 0 Å². The summed E-state index contributed by atoms with van der Waals surface area (Å²) in [5.74, 6) is 1.84. The van der Waals surface area contributed by atoms with Gasteiger partial charge in [-0.05, 0) is 0 Å². The molecule has 0 spiro atoms. The lowest BCUT2D eigenvalue weighted by atomic mass is 10.4. The van der Waals surface area contributed by atoms with E-state index in [0.29, 0.717) is 25.4 Å². The monoisotopic (exact) mass is 344 g/mol. The topological polar surface area (TPSA) is 83.6 Å². The fourth-order valence-corrected chi connectivity index (χ4v) is 5.63. The van der Waals surface area contributed by atoms with E-state index in [0.717, 1.165) is 12.3 Å². The van der Waals surface area contributed by atoms with Crippen molar-refractivity contribution in [1.29, 1.82) is 0 Å². The Bertz CT molecular complexity index is 490. The van der Waals surface area contributed by atoms with E-state index in [-0.39, 0.29) is 11.5 Å². The van der Waals surface area contributed by atoms with Crippen LogP contribution in [0.2, 0.25) is 0 Å². The SMILES string of the molecule is CCS(=O)(=O)C1CSCCN1CCNCCS(C)(=O)=O. The molecule has 1 rings (SSSR count). The first kappa shape index (κ1) is 18.2. The van der Waals surface area contributed by atoms with Crippen molar-refractivity contribution in [2.24, 2.45) is 0 Å². The van der Waals surface area contributed by atoms with Crippen LogP contribution in [-0.2, 0) is 19.7 Å². The summed E-state index contributed by atoms with van der Waals surface area (Å²) in [6, 6.07) is 0. The van der Waals surface area contributed by atoms with Crippen LogP contribution in [0.3, 0.4) is 0 Å². The number of hydrogen-bond acceptors (Lipinski definition) is 7. The smallest absolute Gasteiger partial charge is 0.166 e. The van der Waals surface area contributed by atoms with Crippen LogP contribution in [0.5, 0.6) is 0 Å². The number of hydrogen-bond donors (Lipinski definition) is 1. The van der Waals surface area contributed by atoms with Crippen molar-refractivity contribution in [3.05, 3.63) is 0 Å². The predicted molar refractivity (Wildman–Crippen MR) is 84.7 cm³/mol. The highest BCUT2D eigenvalue weighted by molar-refractivity contribution is 8.01. The lowest BCUT2D eigenvalue weighted by Crippen LogP contribution is -2.50. The molecule has 9 heteroatoms. The van der Waals surface area contributed by atoms with Gasteiger partial charge in [-0.2, -0.15) is 11.8 Å². The lowest BCUT2D eigenvalue weighted by molar-refractivity contribution is 0.270. The number of nitrogens with zero attached hydrogens (tertiary/aromatic N) is 1. The Balaban J connectivity index is 2.40. The number of nitrogens with one attached hydrogen (secondary N) is 1. The average Bonchev–Trinajstić information content (AvgIpc) is 2.37. The highest BCUT2D eigenvalue weighted by Gasteiger charge is 2.32. The molecule has 1 aliphatic rings. The summed E-state index contributed by atoms with van der Waals surface area (Å²) in [5.41, 5.74) is 0. The van der Waals surface area contributed by atoms with Crippen molar-refractivity contribution in [3.63, 3.8) is 0 Å². The molecular formula is C11H24N2O4S3. The number of sulfone groups is 2. The van der Waals surface area contributed by atoms with Gasteiger partial charge in [0.05, 0.1) is 5.75 Å². The molecule has 0 aromatic carbocycles. The van der Waals surface area contributed by atoms with E-state index in [1.807, 2.05) is 4.90 Å². The van der Waals surface area contributed by atoms with Crippen LogP contribution < -0.4 is 5.32 Å². The van der Waals surface area contributed by atoms with E-state index in [1.54, 1.807) is 18.7 Å². The highest BCUT2D eigenvalue weighted by atomic mass is 32.2. The Hall–Kier alpha value is 0.170. The second kappa shape index (κ2) is 7.98. The molecule has 0 bridgehead atoms. The Labute approximate surface area is 126 Å². The van der Waals surface area contributed by atoms with Gasteiger partial charge in [-0.3, -0.25) is 4.90 Å². The first-order valence-electron chi connectivity index (χ1n) is 6.68. The first-order chi connectivity index (χ1) is 9.26. The Kier molecular flexibility index (Phi) is 7.27. The summed E-state index contributed by atoms with van der Waals surface area (Å²) in [4.78, 5) is 1.99. The van der Waals surface area contributed by atoms with Gasteiger partial charge in [-0.15, -0.1) is 0 Å². The van der Waals surface area contributed by atoms with E-state index >= 15 is 0 Å². The van der Waals surface area contributed by atoms with Crippen molar-refractivity contribution in [3.8, 4) is 0 Å². The summed E-state index contributed by atoms with van der Waals surface area (Å²) in [7, 11) is -6.00. The van der Waals surface area contributed by atoms with Crippen LogP contribution in [0.4, 0.5) is 0 Å². The van der Waals surface area contributed by atoms with Gasteiger partial charge in [0.25, 0.3) is 0 Å². The zero-order valence-corrected chi connectivity index (χ0v) is 14.5. The Morgan fingerprint density at radius 2 is 1.95 bits per heavy atom. The van der Waals surface area contributed by atoms with E-state index < -0.39 is 25.0 Å². The quantitative estimate of drug-likeness (QED) is 0.590. The minimum Gasteiger partial charge on any atom is -0.314 e. The van der Waals surface area contributed by atoms with Crippen molar-refractivity contribution < 1.29 is 16.8 Å². The van der Waals surface area contributed by atoms with Gasteiger partial charge in [0.1, 0.15) is 15.2 Å². The van der Waals surface area contributed by atoms with Crippen LogP contribution in [0.25, 0.3) is 0 Å². The van der Waals surface area contributed by atoms with E-state index in [2.05, 4.69) is 5.32 Å². The second-order valence-electron chi connectivity index (χ2n) is 4.90. The first-order valence-corrected chi connectivity index (χ1v) is 11.6. The van der Waals surface area contributed by atoms with Crippen molar-refractivity contribution in [2.45, 2.75) is 12.3 Å². The van der Waals surface area contributed by atoms with Gasteiger partial charge in [0.2, 0.25) is 0 Å². The molecule has 1 unspecified atom stereocenters. The normalized spacial score (nSPS) is 22.0. The fourth-order valence-electron chi connectivity index (χ4n) is 2.00. The lowest BCUT2D eigenvalue weighted by Gasteiger charge is -2.34. The third-order valence-electron chi connectivity index (χ3n) is 3.23. The Morgan fingerprint density at radius 3 is 2.55 bits per heavy atom. The van der Waals surface area contributed by atoms with Crippen LogP contribution in [-0.4, -0.2) is 82.6 Å². The minimum absolute atomic E-state index is 0.111. The molecule has 0 aromatic heterocycles. The van der Waals surface area contributed by atoms with Crippen LogP contribution in [0, 0.1) is 0 Å². The summed E-state index contributed by atoms with van der Waals surface area (Å²) >= 11 is 1.68. The van der Waals surface area contributed by atoms with Gasteiger partial charge >= 0.3 is 0 Å². The van der Waals surface area contributed by atoms with Gasteiger partial charge < -0.3 is 5.32 Å². The van der Waals surface area contributed by atoms with E-state index in [9.17, 15) is 16.8 Å². The molecule has 1 aliphatic heterocycles. The van der Waals surface area contributed by atoms with Crippen molar-refractivity contribution >= 4 is 31.4 Å². The molecule has 1 atom stereocenters. The minimum atomic E-state index is -3.05. The predicted octanol–water partition coefficient (Wildman–Crippen LogP) is -0.570. The average molecular weight is 345 g/mol. The van der Waals surface area contributed by atoms with Gasteiger partial charge in [-0.25, -0.2) is 16.8 Å².